The highest BCUT2D eigenvalue weighted by Gasteiger charge is 2.13. The predicted molar refractivity (Wildman–Crippen MR) is 64.2 cm³/mol. The Hall–Kier alpha value is -1.33. The lowest BCUT2D eigenvalue weighted by Crippen LogP contribution is -2.37. The van der Waals surface area contributed by atoms with Crippen LogP contribution in [0.25, 0.3) is 0 Å². The van der Waals surface area contributed by atoms with E-state index in [1.807, 2.05) is 0 Å². The summed E-state index contributed by atoms with van der Waals surface area (Å²) in [5.41, 5.74) is 0. The highest BCUT2D eigenvalue weighted by Crippen LogP contribution is 2.13. The first kappa shape index (κ1) is 13.7. The molecular weight excluding hydrogens is 244 g/mol. The van der Waals surface area contributed by atoms with Crippen LogP contribution in [0.3, 0.4) is 0 Å². The molecule has 6 heteroatoms. The SMILES string of the molecule is COCCNC(=O)C(C)Oc1ccc(Cl)nc1. The van der Waals surface area contributed by atoms with Crippen molar-refractivity contribution in [2.45, 2.75) is 13.0 Å². The van der Waals surface area contributed by atoms with E-state index in [9.17, 15) is 4.79 Å². The Balaban J connectivity index is 2.40. The number of amides is 1. The van der Waals surface area contributed by atoms with Crippen LogP contribution in [0.1, 0.15) is 6.92 Å². The zero-order valence-corrected chi connectivity index (χ0v) is 10.5. The molecule has 0 aliphatic rings. The molecule has 5 nitrogen and oxygen atoms in total. The fourth-order valence-corrected chi connectivity index (χ4v) is 1.22. The number of halogens is 1. The van der Waals surface area contributed by atoms with E-state index in [2.05, 4.69) is 10.3 Å². The molecule has 0 radical (unpaired) electrons. The lowest BCUT2D eigenvalue weighted by Gasteiger charge is -2.14. The van der Waals surface area contributed by atoms with E-state index in [4.69, 9.17) is 21.1 Å². The van der Waals surface area contributed by atoms with Crippen molar-refractivity contribution in [1.82, 2.24) is 10.3 Å². The van der Waals surface area contributed by atoms with Crippen LogP contribution in [0.2, 0.25) is 5.15 Å². The Morgan fingerprint density at radius 1 is 1.59 bits per heavy atom. The fourth-order valence-electron chi connectivity index (χ4n) is 1.11. The van der Waals surface area contributed by atoms with Gasteiger partial charge in [0.05, 0.1) is 12.8 Å². The normalized spacial score (nSPS) is 11.9. The number of hydrogen-bond donors (Lipinski definition) is 1. The van der Waals surface area contributed by atoms with Crippen LogP contribution in [0.15, 0.2) is 18.3 Å². The van der Waals surface area contributed by atoms with Gasteiger partial charge in [-0.1, -0.05) is 11.6 Å². The lowest BCUT2D eigenvalue weighted by atomic mass is 10.3. The Morgan fingerprint density at radius 3 is 2.94 bits per heavy atom. The molecule has 0 bridgehead atoms. The molecule has 1 rings (SSSR count). The van der Waals surface area contributed by atoms with Gasteiger partial charge in [-0.3, -0.25) is 4.79 Å². The molecule has 0 fully saturated rings. The maximum absolute atomic E-state index is 11.6. The van der Waals surface area contributed by atoms with Crippen LogP contribution in [-0.4, -0.2) is 37.3 Å². The van der Waals surface area contributed by atoms with Crippen molar-refractivity contribution in [3.05, 3.63) is 23.5 Å². The average Bonchev–Trinajstić information content (AvgIpc) is 2.32. The topological polar surface area (TPSA) is 60.5 Å². The molecule has 1 unspecified atom stereocenters. The summed E-state index contributed by atoms with van der Waals surface area (Å²) >= 11 is 5.64. The molecule has 0 aliphatic carbocycles. The zero-order valence-electron chi connectivity index (χ0n) is 9.77. The van der Waals surface area contributed by atoms with Gasteiger partial charge in [0, 0.05) is 13.7 Å². The predicted octanol–water partition coefficient (Wildman–Crippen LogP) is 1.26. The molecule has 0 aliphatic heterocycles. The van der Waals surface area contributed by atoms with Gasteiger partial charge in [-0.2, -0.15) is 0 Å². The minimum absolute atomic E-state index is 0.197. The van der Waals surface area contributed by atoms with Crippen molar-refractivity contribution in [3.63, 3.8) is 0 Å². The Bertz CT molecular complexity index is 356. The van der Waals surface area contributed by atoms with Crippen molar-refractivity contribution in [1.29, 1.82) is 0 Å². The van der Waals surface area contributed by atoms with Gasteiger partial charge < -0.3 is 14.8 Å². The van der Waals surface area contributed by atoms with Gasteiger partial charge in [0.1, 0.15) is 10.9 Å². The molecule has 1 aromatic rings. The third-order valence-electron chi connectivity index (χ3n) is 1.99. The first-order valence-electron chi connectivity index (χ1n) is 5.18. The molecule has 1 aromatic heterocycles. The number of nitrogens with zero attached hydrogens (tertiary/aromatic N) is 1. The van der Waals surface area contributed by atoms with Gasteiger partial charge in [-0.05, 0) is 19.1 Å². The maximum Gasteiger partial charge on any atom is 0.260 e. The summed E-state index contributed by atoms with van der Waals surface area (Å²) in [7, 11) is 1.57. The van der Waals surface area contributed by atoms with Crippen molar-refractivity contribution >= 4 is 17.5 Å². The summed E-state index contributed by atoms with van der Waals surface area (Å²) in [5, 5.41) is 3.06. The number of aromatic nitrogens is 1. The summed E-state index contributed by atoms with van der Waals surface area (Å²) in [6.07, 6.45) is 0.885. The third kappa shape index (κ3) is 5.01. The van der Waals surface area contributed by atoms with Crippen LogP contribution < -0.4 is 10.1 Å². The molecule has 1 heterocycles. The third-order valence-corrected chi connectivity index (χ3v) is 2.21. The Labute approximate surface area is 105 Å². The average molecular weight is 259 g/mol. The molecule has 0 spiro atoms. The lowest BCUT2D eigenvalue weighted by molar-refractivity contribution is -0.127. The maximum atomic E-state index is 11.6. The number of methoxy groups -OCH3 is 1. The number of hydrogen-bond acceptors (Lipinski definition) is 4. The van der Waals surface area contributed by atoms with Crippen molar-refractivity contribution in [2.75, 3.05) is 20.3 Å². The summed E-state index contributed by atoms with van der Waals surface area (Å²) < 4.78 is 10.2. The van der Waals surface area contributed by atoms with E-state index in [-0.39, 0.29) is 5.91 Å². The molecule has 0 saturated carbocycles. The van der Waals surface area contributed by atoms with Gasteiger partial charge in [0.2, 0.25) is 0 Å². The van der Waals surface area contributed by atoms with Crippen molar-refractivity contribution in [2.24, 2.45) is 0 Å². The van der Waals surface area contributed by atoms with Gasteiger partial charge in [-0.25, -0.2) is 4.98 Å². The summed E-state index contributed by atoms with van der Waals surface area (Å²) in [4.78, 5) is 15.4. The minimum Gasteiger partial charge on any atom is -0.479 e. The highest BCUT2D eigenvalue weighted by atomic mass is 35.5. The molecule has 94 valence electrons. The van der Waals surface area contributed by atoms with Crippen molar-refractivity contribution in [3.8, 4) is 5.75 Å². The second-order valence-electron chi connectivity index (χ2n) is 3.36. The van der Waals surface area contributed by atoms with E-state index >= 15 is 0 Å². The van der Waals surface area contributed by atoms with Gasteiger partial charge >= 0.3 is 0 Å². The number of ether oxygens (including phenoxy) is 2. The number of pyridine rings is 1. The van der Waals surface area contributed by atoms with Gasteiger partial charge in [0.25, 0.3) is 5.91 Å². The highest BCUT2D eigenvalue weighted by molar-refractivity contribution is 6.29. The second-order valence-corrected chi connectivity index (χ2v) is 3.75. The molecule has 0 aromatic carbocycles. The standard InChI is InChI=1S/C11H15ClN2O3/c1-8(11(15)13-5-6-16-2)17-9-3-4-10(12)14-7-9/h3-4,7-8H,5-6H2,1-2H3,(H,13,15). The molecule has 1 amide bonds. The Morgan fingerprint density at radius 2 is 2.35 bits per heavy atom. The number of nitrogens with one attached hydrogen (secondary N) is 1. The van der Waals surface area contributed by atoms with E-state index in [1.54, 1.807) is 26.2 Å². The van der Waals surface area contributed by atoms with Gasteiger partial charge in [0.15, 0.2) is 6.10 Å². The number of rotatable bonds is 6. The van der Waals surface area contributed by atoms with E-state index in [1.165, 1.54) is 6.20 Å². The largest absolute Gasteiger partial charge is 0.479 e. The van der Waals surface area contributed by atoms with E-state index < -0.39 is 6.10 Å². The van der Waals surface area contributed by atoms with Crippen LogP contribution in [0.5, 0.6) is 5.75 Å². The first-order valence-corrected chi connectivity index (χ1v) is 5.56. The minimum atomic E-state index is -0.588. The van der Waals surface area contributed by atoms with Crippen molar-refractivity contribution < 1.29 is 14.3 Å². The van der Waals surface area contributed by atoms with Crippen LogP contribution in [0, 0.1) is 0 Å². The molecule has 1 N–H and O–H groups in total. The number of carbonyl (C=O) groups excluding carboxylic acids is 1. The molecule has 1 atom stereocenters. The number of carbonyl (C=O) groups is 1. The van der Waals surface area contributed by atoms with Crippen LogP contribution >= 0.6 is 11.6 Å². The second kappa shape index (κ2) is 7.09. The van der Waals surface area contributed by atoms with Crippen LogP contribution in [0.4, 0.5) is 0 Å². The van der Waals surface area contributed by atoms with E-state index in [0.29, 0.717) is 24.1 Å². The first-order chi connectivity index (χ1) is 8.13. The fraction of sp³-hybridized carbons (Fsp3) is 0.455. The van der Waals surface area contributed by atoms with Gasteiger partial charge in [-0.15, -0.1) is 0 Å². The molecule has 17 heavy (non-hydrogen) atoms. The molecule has 0 saturated heterocycles. The Kier molecular flexibility index (Phi) is 5.72. The van der Waals surface area contributed by atoms with E-state index in [0.717, 1.165) is 0 Å². The van der Waals surface area contributed by atoms with Crippen LogP contribution in [-0.2, 0) is 9.53 Å². The monoisotopic (exact) mass is 258 g/mol. The zero-order chi connectivity index (χ0) is 12.7. The smallest absolute Gasteiger partial charge is 0.260 e. The quantitative estimate of drug-likeness (QED) is 0.617. The summed E-state index contributed by atoms with van der Waals surface area (Å²) in [6, 6.07) is 3.26. The summed E-state index contributed by atoms with van der Waals surface area (Å²) in [5.74, 6) is 0.306. The molecular formula is C11H15ClN2O3. The summed E-state index contributed by atoms with van der Waals surface area (Å²) in [6.45, 7) is 2.60.